The molecule has 2 aromatic rings. The van der Waals surface area contributed by atoms with Gasteiger partial charge in [-0.3, -0.25) is 9.69 Å². The van der Waals surface area contributed by atoms with Gasteiger partial charge in [-0.05, 0) is 56.7 Å². The number of fused-ring (bicyclic) bond motifs is 1. The zero-order valence-corrected chi connectivity index (χ0v) is 19.8. The number of hydrogen-bond donors (Lipinski definition) is 2. The Morgan fingerprint density at radius 2 is 2.09 bits per heavy atom. The number of aromatic nitrogens is 1. The fourth-order valence-corrected chi connectivity index (χ4v) is 6.62. The van der Waals surface area contributed by atoms with Crippen LogP contribution in [0.25, 0.3) is 10.9 Å². The minimum atomic E-state index is -3.21. The number of carbonyl (C=O) groups is 1. The van der Waals surface area contributed by atoms with Crippen molar-refractivity contribution >= 4 is 26.8 Å². The van der Waals surface area contributed by atoms with Crippen LogP contribution in [0, 0.1) is 12.7 Å². The fraction of sp³-hybridized carbons (Fsp3) is 0.609. The Kier molecular flexibility index (Phi) is 6.61. The van der Waals surface area contributed by atoms with Crippen LogP contribution in [-0.2, 0) is 10.0 Å². The van der Waals surface area contributed by atoms with Gasteiger partial charge in [0, 0.05) is 43.1 Å². The van der Waals surface area contributed by atoms with Crippen LogP contribution < -0.4 is 5.32 Å². The molecule has 1 aromatic carbocycles. The standard InChI is InChI=1S/C23H33FN4O3S/c1-4-28(32(3,30)31)18-10-11-27(14-18)17-7-5-6-16(12-17)25-23(29)21-13-19-20(24)9-8-15(2)22(19)26-21/h8-9,13,16-18,26H,4-7,10-12,14H2,1-3H3,(H,25,29)/t16-,17+,18-/m1/s1. The Bertz CT molecular complexity index is 1060. The third kappa shape index (κ3) is 4.70. The summed E-state index contributed by atoms with van der Waals surface area (Å²) in [6.45, 7) is 5.88. The maximum atomic E-state index is 14.1. The molecular weight excluding hydrogens is 431 g/mol. The predicted octanol–water partition coefficient (Wildman–Crippen LogP) is 3.01. The van der Waals surface area contributed by atoms with Crippen molar-refractivity contribution in [3.05, 3.63) is 35.3 Å². The first kappa shape index (κ1) is 23.2. The van der Waals surface area contributed by atoms with Gasteiger partial charge in [0.05, 0.1) is 11.8 Å². The number of rotatable bonds is 6. The second-order valence-corrected chi connectivity index (χ2v) is 11.2. The van der Waals surface area contributed by atoms with Gasteiger partial charge in [0.15, 0.2) is 0 Å². The van der Waals surface area contributed by atoms with Crippen LogP contribution in [0.15, 0.2) is 18.2 Å². The van der Waals surface area contributed by atoms with E-state index in [9.17, 15) is 17.6 Å². The van der Waals surface area contributed by atoms with Gasteiger partial charge in [0.1, 0.15) is 11.5 Å². The Hall–Kier alpha value is -1.97. The third-order valence-corrected chi connectivity index (χ3v) is 8.44. The highest BCUT2D eigenvalue weighted by Gasteiger charge is 2.36. The van der Waals surface area contributed by atoms with Crippen LogP contribution in [0.1, 0.15) is 55.1 Å². The summed E-state index contributed by atoms with van der Waals surface area (Å²) < 4.78 is 39.9. The normalized spacial score (nSPS) is 25.0. The number of aromatic amines is 1. The Labute approximate surface area is 189 Å². The molecule has 1 aliphatic carbocycles. The number of likely N-dealkylation sites (tertiary alicyclic amines) is 1. The lowest BCUT2D eigenvalue weighted by atomic mass is 9.90. The molecule has 2 N–H and O–H groups in total. The molecule has 9 heteroatoms. The van der Waals surface area contributed by atoms with Gasteiger partial charge in [0.2, 0.25) is 10.0 Å². The lowest BCUT2D eigenvalue weighted by Gasteiger charge is -2.36. The van der Waals surface area contributed by atoms with Crippen molar-refractivity contribution in [1.82, 2.24) is 19.5 Å². The van der Waals surface area contributed by atoms with Crippen LogP contribution in [0.5, 0.6) is 0 Å². The molecule has 1 aliphatic heterocycles. The van der Waals surface area contributed by atoms with E-state index in [4.69, 9.17) is 0 Å². The van der Waals surface area contributed by atoms with Crippen LogP contribution in [0.2, 0.25) is 0 Å². The monoisotopic (exact) mass is 464 g/mol. The number of likely N-dealkylation sites (N-methyl/N-ethyl adjacent to an activating group) is 1. The fourth-order valence-electron chi connectivity index (χ4n) is 5.44. The minimum absolute atomic E-state index is 0.0226. The van der Waals surface area contributed by atoms with Gasteiger partial charge in [-0.1, -0.05) is 13.0 Å². The van der Waals surface area contributed by atoms with Crippen LogP contribution in [-0.4, -0.2) is 72.5 Å². The van der Waals surface area contributed by atoms with Gasteiger partial charge in [-0.25, -0.2) is 12.8 Å². The molecule has 4 rings (SSSR count). The van der Waals surface area contributed by atoms with E-state index in [1.807, 2.05) is 13.8 Å². The molecule has 0 radical (unpaired) electrons. The summed E-state index contributed by atoms with van der Waals surface area (Å²) in [7, 11) is -3.21. The number of amides is 1. The minimum Gasteiger partial charge on any atom is -0.350 e. The van der Waals surface area contributed by atoms with Crippen molar-refractivity contribution in [3.8, 4) is 0 Å². The molecule has 1 saturated carbocycles. The maximum absolute atomic E-state index is 14.1. The number of H-pyrrole nitrogens is 1. The average molecular weight is 465 g/mol. The molecule has 0 bridgehead atoms. The lowest BCUT2D eigenvalue weighted by molar-refractivity contribution is 0.0897. The van der Waals surface area contributed by atoms with E-state index >= 15 is 0 Å². The molecular formula is C23H33FN4O3S. The summed E-state index contributed by atoms with van der Waals surface area (Å²) in [5.74, 6) is -0.545. The number of benzene rings is 1. The quantitative estimate of drug-likeness (QED) is 0.688. The second kappa shape index (κ2) is 9.11. The van der Waals surface area contributed by atoms with E-state index < -0.39 is 10.0 Å². The molecule has 0 unspecified atom stereocenters. The molecule has 32 heavy (non-hydrogen) atoms. The topological polar surface area (TPSA) is 85.5 Å². The molecule has 7 nitrogen and oxygen atoms in total. The smallest absolute Gasteiger partial charge is 0.267 e. The predicted molar refractivity (Wildman–Crippen MR) is 124 cm³/mol. The number of carbonyl (C=O) groups excluding carboxylic acids is 1. The highest BCUT2D eigenvalue weighted by atomic mass is 32.2. The number of hydrogen-bond acceptors (Lipinski definition) is 4. The number of nitrogens with zero attached hydrogens (tertiary/aromatic N) is 2. The van der Waals surface area contributed by atoms with Crippen LogP contribution in [0.3, 0.4) is 0 Å². The van der Waals surface area contributed by atoms with Gasteiger partial charge in [-0.15, -0.1) is 0 Å². The van der Waals surface area contributed by atoms with E-state index in [1.54, 1.807) is 16.4 Å². The van der Waals surface area contributed by atoms with Crippen molar-refractivity contribution in [1.29, 1.82) is 0 Å². The molecule has 2 heterocycles. The van der Waals surface area contributed by atoms with E-state index in [1.165, 1.54) is 12.3 Å². The first-order valence-electron chi connectivity index (χ1n) is 11.5. The highest BCUT2D eigenvalue weighted by molar-refractivity contribution is 7.88. The molecule has 1 amide bonds. The zero-order chi connectivity index (χ0) is 23.0. The molecule has 1 saturated heterocycles. The first-order valence-corrected chi connectivity index (χ1v) is 13.3. The Morgan fingerprint density at radius 3 is 2.78 bits per heavy atom. The van der Waals surface area contributed by atoms with Gasteiger partial charge in [-0.2, -0.15) is 4.31 Å². The number of halogens is 1. The Morgan fingerprint density at radius 1 is 1.31 bits per heavy atom. The third-order valence-electron chi connectivity index (χ3n) is 7.03. The van der Waals surface area contributed by atoms with Crippen molar-refractivity contribution in [2.45, 2.75) is 64.1 Å². The van der Waals surface area contributed by atoms with Gasteiger partial charge in [0.25, 0.3) is 5.91 Å². The molecule has 0 spiro atoms. The maximum Gasteiger partial charge on any atom is 0.267 e. The Balaban J connectivity index is 1.39. The first-order chi connectivity index (χ1) is 15.2. The van der Waals surface area contributed by atoms with Crippen molar-refractivity contribution in [2.75, 3.05) is 25.9 Å². The van der Waals surface area contributed by atoms with Crippen molar-refractivity contribution < 1.29 is 17.6 Å². The molecule has 2 fully saturated rings. The summed E-state index contributed by atoms with van der Waals surface area (Å²) in [6.07, 6.45) is 5.95. The molecule has 3 atom stereocenters. The summed E-state index contributed by atoms with van der Waals surface area (Å²) >= 11 is 0. The summed E-state index contributed by atoms with van der Waals surface area (Å²) in [5.41, 5.74) is 1.94. The summed E-state index contributed by atoms with van der Waals surface area (Å²) in [5, 5.41) is 3.57. The lowest BCUT2D eigenvalue weighted by Crippen LogP contribution is -2.47. The molecule has 2 aliphatic rings. The van der Waals surface area contributed by atoms with E-state index in [-0.39, 0.29) is 23.8 Å². The number of nitrogens with one attached hydrogen (secondary N) is 2. The van der Waals surface area contributed by atoms with Crippen molar-refractivity contribution in [2.24, 2.45) is 0 Å². The highest BCUT2D eigenvalue weighted by Crippen LogP contribution is 2.29. The van der Waals surface area contributed by atoms with E-state index in [0.29, 0.717) is 29.2 Å². The van der Waals surface area contributed by atoms with Gasteiger partial charge >= 0.3 is 0 Å². The largest absolute Gasteiger partial charge is 0.350 e. The van der Waals surface area contributed by atoms with E-state index in [0.717, 1.165) is 50.8 Å². The van der Waals surface area contributed by atoms with E-state index in [2.05, 4.69) is 15.2 Å². The van der Waals surface area contributed by atoms with Crippen LogP contribution >= 0.6 is 0 Å². The second-order valence-electron chi connectivity index (χ2n) is 9.23. The summed E-state index contributed by atoms with van der Waals surface area (Å²) in [6, 6.07) is 5.12. The SMILES string of the molecule is CCN([C@@H]1CCN([C@H]2CCC[C@@H](NC(=O)c3cc4c(F)ccc(C)c4[nH]3)C2)C1)S(C)(=O)=O. The van der Waals surface area contributed by atoms with Gasteiger partial charge < -0.3 is 10.3 Å². The summed E-state index contributed by atoms with van der Waals surface area (Å²) in [4.78, 5) is 18.3. The molecule has 176 valence electrons. The molecule has 1 aromatic heterocycles. The van der Waals surface area contributed by atoms with Crippen LogP contribution in [0.4, 0.5) is 4.39 Å². The van der Waals surface area contributed by atoms with Crippen molar-refractivity contribution in [3.63, 3.8) is 0 Å². The number of sulfonamides is 1. The average Bonchev–Trinajstić information content (AvgIpc) is 3.39. The number of aryl methyl sites for hydroxylation is 1. The zero-order valence-electron chi connectivity index (χ0n) is 19.0.